The third kappa shape index (κ3) is 3.36. The van der Waals surface area contributed by atoms with E-state index in [0.717, 1.165) is 5.57 Å². The number of hydrogen-bond donors (Lipinski definition) is 0. The van der Waals surface area contributed by atoms with Crippen molar-refractivity contribution in [2.45, 2.75) is 19.8 Å². The first-order valence-electron chi connectivity index (χ1n) is 9.39. The number of ketones is 1. The van der Waals surface area contributed by atoms with Gasteiger partial charge in [0.25, 0.3) is 0 Å². The molecule has 0 radical (unpaired) electrons. The molecule has 2 aliphatic rings. The fraction of sp³-hybridized carbons (Fsp3) is 0.261. The molecule has 142 valence electrons. The van der Waals surface area contributed by atoms with Crippen molar-refractivity contribution in [3.8, 4) is 5.75 Å². The van der Waals surface area contributed by atoms with Gasteiger partial charge in [0, 0.05) is 11.6 Å². The van der Waals surface area contributed by atoms with Gasteiger partial charge >= 0.3 is 0 Å². The molecule has 1 fully saturated rings. The third-order valence-electron chi connectivity index (χ3n) is 5.36. The molecular formula is C23H21NO4. The lowest BCUT2D eigenvalue weighted by Gasteiger charge is -2.18. The van der Waals surface area contributed by atoms with E-state index in [1.807, 2.05) is 19.1 Å². The van der Waals surface area contributed by atoms with Crippen LogP contribution in [0.1, 0.15) is 30.1 Å². The van der Waals surface area contributed by atoms with Gasteiger partial charge < -0.3 is 4.74 Å². The molecule has 5 heteroatoms. The lowest BCUT2D eigenvalue weighted by molar-refractivity contribution is -0.122. The summed E-state index contributed by atoms with van der Waals surface area (Å²) in [7, 11) is 0. The van der Waals surface area contributed by atoms with E-state index in [1.165, 1.54) is 4.90 Å². The molecule has 4 rings (SSSR count). The Balaban J connectivity index is 1.49. The number of fused-ring (bicyclic) bond motifs is 1. The Labute approximate surface area is 163 Å². The summed E-state index contributed by atoms with van der Waals surface area (Å²) in [6, 6.07) is 15.7. The highest BCUT2D eigenvalue weighted by molar-refractivity contribution is 6.22. The van der Waals surface area contributed by atoms with Gasteiger partial charge in [0.05, 0.1) is 17.5 Å². The van der Waals surface area contributed by atoms with E-state index in [1.54, 1.807) is 48.5 Å². The molecule has 1 saturated heterocycles. The van der Waals surface area contributed by atoms with Gasteiger partial charge in [-0.05, 0) is 31.9 Å². The van der Waals surface area contributed by atoms with E-state index in [2.05, 4.69) is 0 Å². The number of nitrogens with zero attached hydrogens (tertiary/aromatic N) is 1. The topological polar surface area (TPSA) is 63.7 Å². The van der Waals surface area contributed by atoms with Crippen molar-refractivity contribution in [3.63, 3.8) is 0 Å². The molecule has 28 heavy (non-hydrogen) atoms. The highest BCUT2D eigenvalue weighted by Crippen LogP contribution is 2.40. The normalized spacial score (nSPS) is 21.3. The van der Waals surface area contributed by atoms with E-state index >= 15 is 0 Å². The monoisotopic (exact) mass is 375 g/mol. The van der Waals surface area contributed by atoms with E-state index in [4.69, 9.17) is 4.74 Å². The fourth-order valence-corrected chi connectivity index (χ4v) is 3.86. The van der Waals surface area contributed by atoms with Crippen molar-refractivity contribution < 1.29 is 19.1 Å². The molecule has 1 aliphatic carbocycles. The Morgan fingerprint density at radius 2 is 1.79 bits per heavy atom. The maximum atomic E-state index is 12.8. The molecule has 0 spiro atoms. The zero-order chi connectivity index (χ0) is 19.7. The van der Waals surface area contributed by atoms with Crippen LogP contribution in [0.15, 0.2) is 66.2 Å². The van der Waals surface area contributed by atoms with Crippen molar-refractivity contribution in [2.24, 2.45) is 11.8 Å². The van der Waals surface area contributed by atoms with Gasteiger partial charge in [-0.25, -0.2) is 4.90 Å². The minimum atomic E-state index is -0.277. The second-order valence-corrected chi connectivity index (χ2v) is 7.29. The van der Waals surface area contributed by atoms with Gasteiger partial charge in [0.15, 0.2) is 12.4 Å². The van der Waals surface area contributed by atoms with Gasteiger partial charge in [0.2, 0.25) is 11.8 Å². The quantitative estimate of drug-likeness (QED) is 0.453. The van der Waals surface area contributed by atoms with Gasteiger partial charge in [-0.3, -0.25) is 14.4 Å². The van der Waals surface area contributed by atoms with Crippen LogP contribution in [0.3, 0.4) is 0 Å². The average molecular weight is 375 g/mol. The smallest absolute Gasteiger partial charge is 0.238 e. The van der Waals surface area contributed by atoms with Crippen molar-refractivity contribution in [1.82, 2.24) is 0 Å². The molecule has 2 atom stereocenters. The molecule has 0 saturated carbocycles. The largest absolute Gasteiger partial charge is 0.485 e. The Morgan fingerprint density at radius 3 is 2.57 bits per heavy atom. The third-order valence-corrected chi connectivity index (χ3v) is 5.36. The Bertz CT molecular complexity index is 964. The number of ether oxygens (including phenoxy) is 1. The van der Waals surface area contributed by atoms with Crippen LogP contribution in [-0.2, 0) is 9.59 Å². The van der Waals surface area contributed by atoms with Crippen molar-refractivity contribution in [1.29, 1.82) is 0 Å². The summed E-state index contributed by atoms with van der Waals surface area (Å²) in [5.74, 6) is -0.545. The number of anilines is 1. The summed E-state index contributed by atoms with van der Waals surface area (Å²) < 4.78 is 5.62. The molecule has 1 aliphatic heterocycles. The second kappa shape index (κ2) is 7.43. The number of allylic oxidation sites excluding steroid dienone is 2. The fourth-order valence-electron chi connectivity index (χ4n) is 3.86. The number of amides is 2. The van der Waals surface area contributed by atoms with Crippen molar-refractivity contribution in [3.05, 3.63) is 71.8 Å². The molecule has 2 amide bonds. The molecule has 2 aromatic carbocycles. The molecule has 2 aromatic rings. The highest BCUT2D eigenvalue weighted by Gasteiger charge is 2.48. The molecular weight excluding hydrogens is 354 g/mol. The standard InChI is InChI=1S/C23H21NO4/c1-15-10-11-19-20(12-15)23(27)24(22(19)26)17-8-5-9-18(13-17)28-14-21(25)16-6-3-2-4-7-16/h2-10,13,19-20H,11-12,14H2,1H3/t19-,20-/m1/s1. The summed E-state index contributed by atoms with van der Waals surface area (Å²) in [5.41, 5.74) is 2.22. The van der Waals surface area contributed by atoms with Crippen LogP contribution in [-0.4, -0.2) is 24.2 Å². The SMILES string of the molecule is CC1=CC[C@H]2C(=O)N(c3cccc(OCC(=O)c4ccccc4)c3)C(=O)[C@@H]2C1. The van der Waals surface area contributed by atoms with E-state index in [0.29, 0.717) is 29.8 Å². The van der Waals surface area contributed by atoms with Crippen molar-refractivity contribution >= 4 is 23.3 Å². The van der Waals surface area contributed by atoms with Crippen molar-refractivity contribution in [2.75, 3.05) is 11.5 Å². The molecule has 5 nitrogen and oxygen atoms in total. The van der Waals surface area contributed by atoms with Crippen LogP contribution in [0, 0.1) is 11.8 Å². The van der Waals surface area contributed by atoms with Crippen LogP contribution in [0.4, 0.5) is 5.69 Å². The number of Topliss-reactive ketones (excluding diaryl/α,β-unsaturated/α-hetero) is 1. The first-order chi connectivity index (χ1) is 13.5. The maximum absolute atomic E-state index is 12.8. The number of carbonyl (C=O) groups is 3. The molecule has 0 aromatic heterocycles. The number of hydrogen-bond acceptors (Lipinski definition) is 4. The van der Waals surface area contributed by atoms with Crippen LogP contribution < -0.4 is 9.64 Å². The van der Waals surface area contributed by atoms with E-state index in [-0.39, 0.29) is 36.0 Å². The zero-order valence-corrected chi connectivity index (χ0v) is 15.6. The Kier molecular flexibility index (Phi) is 4.82. The first kappa shape index (κ1) is 18.2. The molecule has 0 bridgehead atoms. The number of carbonyl (C=O) groups excluding carboxylic acids is 3. The highest BCUT2D eigenvalue weighted by atomic mass is 16.5. The summed E-state index contributed by atoms with van der Waals surface area (Å²) >= 11 is 0. The van der Waals surface area contributed by atoms with Gasteiger partial charge in [-0.15, -0.1) is 0 Å². The van der Waals surface area contributed by atoms with E-state index in [9.17, 15) is 14.4 Å². The predicted molar refractivity (Wildman–Crippen MR) is 105 cm³/mol. The Morgan fingerprint density at radius 1 is 1.04 bits per heavy atom. The van der Waals surface area contributed by atoms with Gasteiger partial charge in [-0.2, -0.15) is 0 Å². The van der Waals surface area contributed by atoms with E-state index < -0.39 is 0 Å². The van der Waals surface area contributed by atoms with Crippen LogP contribution >= 0.6 is 0 Å². The molecule has 0 N–H and O–H groups in total. The summed E-state index contributed by atoms with van der Waals surface area (Å²) in [4.78, 5) is 39.1. The lowest BCUT2D eigenvalue weighted by atomic mass is 9.82. The zero-order valence-electron chi connectivity index (χ0n) is 15.6. The minimum absolute atomic E-state index is 0.107. The number of imide groups is 1. The predicted octanol–water partition coefficient (Wildman–Crippen LogP) is 3.79. The molecule has 1 heterocycles. The number of benzene rings is 2. The Hall–Kier alpha value is -3.21. The maximum Gasteiger partial charge on any atom is 0.238 e. The number of rotatable bonds is 5. The summed E-state index contributed by atoms with van der Waals surface area (Å²) in [6.07, 6.45) is 3.29. The van der Waals surface area contributed by atoms with Gasteiger partial charge in [-0.1, -0.05) is 48.0 Å². The van der Waals surface area contributed by atoms with Crippen LogP contribution in [0.25, 0.3) is 0 Å². The first-order valence-corrected chi connectivity index (χ1v) is 9.39. The van der Waals surface area contributed by atoms with Crippen LogP contribution in [0.5, 0.6) is 5.75 Å². The second-order valence-electron chi connectivity index (χ2n) is 7.29. The molecule has 0 unspecified atom stereocenters. The average Bonchev–Trinajstić information content (AvgIpc) is 2.96. The minimum Gasteiger partial charge on any atom is -0.485 e. The lowest BCUT2D eigenvalue weighted by Crippen LogP contribution is -2.30. The summed E-state index contributed by atoms with van der Waals surface area (Å²) in [6.45, 7) is 1.89. The van der Waals surface area contributed by atoms with Crippen LogP contribution in [0.2, 0.25) is 0 Å². The summed E-state index contributed by atoms with van der Waals surface area (Å²) in [5, 5.41) is 0. The van der Waals surface area contributed by atoms with Gasteiger partial charge in [0.1, 0.15) is 5.75 Å².